The molecule has 67 heavy (non-hydrogen) atoms. The molecule has 3 aromatic carbocycles. The van der Waals surface area contributed by atoms with Crippen LogP contribution in [0.15, 0.2) is 109 Å². The van der Waals surface area contributed by atoms with E-state index >= 15 is 0 Å². The Labute approximate surface area is 401 Å². The van der Waals surface area contributed by atoms with Crippen molar-refractivity contribution >= 4 is 27.8 Å². The third-order valence-electron chi connectivity index (χ3n) is 13.9. The minimum Gasteiger partial charge on any atom is -0.372 e. The number of aromatic amines is 2. The number of aromatic nitrogens is 4. The summed E-state index contributed by atoms with van der Waals surface area (Å²) in [7, 11) is 0. The lowest BCUT2D eigenvalue weighted by atomic mass is 9.82. The van der Waals surface area contributed by atoms with Crippen LogP contribution in [0.25, 0.3) is 44.3 Å². The number of nitrogens with zero attached hydrogens (tertiary/aromatic N) is 3. The Morgan fingerprint density at radius 3 is 1.42 bits per heavy atom. The number of H-pyrrole nitrogens is 2. The lowest BCUT2D eigenvalue weighted by molar-refractivity contribution is 0.544. The van der Waals surface area contributed by atoms with Gasteiger partial charge in [-0.25, -0.2) is 0 Å². The summed E-state index contributed by atoms with van der Waals surface area (Å²) in [6.07, 6.45) is 23.5. The SMILES string of the molecule is C#Cc1c2nc(c(-c3ccccc3)c3ccc([nH]3)c(C#Cc3ccc(N(CCCCCCCC)CCCCCCCC)cc3)c3nc(c(-c4ccccc4)c4ccc1[nH]4)C(C)(C)C3)C(C)(C)C2. The van der Waals surface area contributed by atoms with E-state index in [1.54, 1.807) is 0 Å². The number of terminal acetylenes is 1. The average molecular weight is 886 g/mol. The molecule has 0 saturated heterocycles. The van der Waals surface area contributed by atoms with Crippen LogP contribution in [0.2, 0.25) is 0 Å². The summed E-state index contributed by atoms with van der Waals surface area (Å²) in [5, 5.41) is 0. The van der Waals surface area contributed by atoms with Crippen molar-refractivity contribution in [1.82, 2.24) is 19.9 Å². The quantitative estimate of drug-likeness (QED) is 0.0709. The molecule has 5 heteroatoms. The fourth-order valence-electron chi connectivity index (χ4n) is 10.2. The van der Waals surface area contributed by atoms with E-state index in [1.807, 2.05) is 0 Å². The van der Waals surface area contributed by atoms with Crippen LogP contribution in [0, 0.1) is 24.2 Å². The summed E-state index contributed by atoms with van der Waals surface area (Å²) < 4.78 is 0. The maximum Gasteiger partial charge on any atom is 0.0699 e. The summed E-state index contributed by atoms with van der Waals surface area (Å²) in [5.41, 5.74) is 15.4. The van der Waals surface area contributed by atoms with Crippen LogP contribution in [0.1, 0.15) is 158 Å². The van der Waals surface area contributed by atoms with Gasteiger partial charge >= 0.3 is 0 Å². The Bertz CT molecular complexity index is 2840. The van der Waals surface area contributed by atoms with Crippen LogP contribution in [0.4, 0.5) is 5.69 Å². The first-order chi connectivity index (χ1) is 32.6. The van der Waals surface area contributed by atoms with Gasteiger partial charge in [0.1, 0.15) is 0 Å². The Kier molecular flexibility index (Phi) is 15.2. The predicted octanol–water partition coefficient (Wildman–Crippen LogP) is 15.6. The maximum absolute atomic E-state index is 6.40. The van der Waals surface area contributed by atoms with Crippen molar-refractivity contribution in [3.63, 3.8) is 0 Å². The van der Waals surface area contributed by atoms with Crippen LogP contribution in [-0.2, 0) is 23.7 Å². The van der Waals surface area contributed by atoms with Crippen molar-refractivity contribution in [1.29, 1.82) is 0 Å². The molecule has 2 aliphatic heterocycles. The molecule has 0 aliphatic carbocycles. The van der Waals surface area contributed by atoms with Gasteiger partial charge < -0.3 is 14.9 Å². The van der Waals surface area contributed by atoms with Gasteiger partial charge in [0.15, 0.2) is 0 Å². The van der Waals surface area contributed by atoms with Gasteiger partial charge in [0, 0.05) is 70.2 Å². The van der Waals surface area contributed by atoms with Gasteiger partial charge in [-0.2, -0.15) is 0 Å². The second kappa shape index (κ2) is 21.6. The molecule has 3 aromatic heterocycles. The van der Waals surface area contributed by atoms with E-state index in [9.17, 15) is 0 Å². The van der Waals surface area contributed by atoms with Crippen molar-refractivity contribution in [3.05, 3.63) is 149 Å². The lowest BCUT2D eigenvalue weighted by Gasteiger charge is -2.25. The molecule has 0 atom stereocenters. The van der Waals surface area contributed by atoms with Crippen LogP contribution in [-0.4, -0.2) is 33.0 Å². The molecule has 0 fully saturated rings. The molecule has 0 unspecified atom stereocenters. The molecule has 0 amide bonds. The topological polar surface area (TPSA) is 60.6 Å². The van der Waals surface area contributed by atoms with Crippen LogP contribution in [0.5, 0.6) is 0 Å². The van der Waals surface area contributed by atoms with Crippen molar-refractivity contribution in [2.45, 2.75) is 142 Å². The highest BCUT2D eigenvalue weighted by Gasteiger charge is 2.35. The number of nitrogens with one attached hydrogen (secondary N) is 2. The van der Waals surface area contributed by atoms with Gasteiger partial charge in [0.2, 0.25) is 0 Å². The third kappa shape index (κ3) is 11.0. The molecule has 0 radical (unpaired) electrons. The molecule has 5 heterocycles. The smallest absolute Gasteiger partial charge is 0.0699 e. The Morgan fingerprint density at radius 2 is 0.940 bits per heavy atom. The van der Waals surface area contributed by atoms with Crippen LogP contribution < -0.4 is 4.90 Å². The number of anilines is 1. The van der Waals surface area contributed by atoms with Gasteiger partial charge in [0.05, 0.1) is 44.9 Å². The first-order valence-corrected chi connectivity index (χ1v) is 25.3. The van der Waals surface area contributed by atoms with E-state index in [0.717, 1.165) is 103 Å². The van der Waals surface area contributed by atoms with Crippen LogP contribution >= 0.6 is 0 Å². The van der Waals surface area contributed by atoms with Gasteiger partial charge in [0.25, 0.3) is 0 Å². The molecular weight excluding hydrogens is 815 g/mol. The Morgan fingerprint density at radius 1 is 0.507 bits per heavy atom. The largest absolute Gasteiger partial charge is 0.372 e. The molecule has 8 bridgehead atoms. The van der Waals surface area contributed by atoms with E-state index in [1.165, 1.54) is 82.7 Å². The zero-order valence-electron chi connectivity index (χ0n) is 41.1. The fourth-order valence-corrected chi connectivity index (χ4v) is 10.2. The van der Waals surface area contributed by atoms with Gasteiger partial charge in [-0.05, 0) is 72.5 Å². The Balaban J connectivity index is 1.30. The third-order valence-corrected chi connectivity index (χ3v) is 13.9. The molecule has 8 rings (SSSR count). The van der Waals surface area contributed by atoms with Crippen LogP contribution in [0.3, 0.4) is 0 Å². The Hall–Kier alpha value is -6.30. The minimum absolute atomic E-state index is 0.293. The van der Waals surface area contributed by atoms with E-state index in [2.05, 4.69) is 183 Å². The number of benzene rings is 3. The second-order valence-corrected chi connectivity index (χ2v) is 20.2. The molecular formula is C62H71N5. The minimum atomic E-state index is -0.303. The number of hydrogen-bond acceptors (Lipinski definition) is 3. The summed E-state index contributed by atoms with van der Waals surface area (Å²) >= 11 is 0. The molecule has 0 spiro atoms. The summed E-state index contributed by atoms with van der Waals surface area (Å²) in [5.74, 6) is 10.4. The molecule has 5 nitrogen and oxygen atoms in total. The maximum atomic E-state index is 6.40. The van der Waals surface area contributed by atoms with Crippen molar-refractivity contribution in [2.75, 3.05) is 18.0 Å². The highest BCUT2D eigenvalue weighted by molar-refractivity contribution is 5.88. The number of unbranched alkanes of at least 4 members (excludes halogenated alkanes) is 10. The standard InChI is InChI=1S/C62H71N5/c1-8-11-13-15-17-25-41-67(42-26-18-16-14-12-9-2)48-34-31-45(32-35-48)33-36-50-52-38-40-54(64-52)58(47-29-23-20-24-30-47)59-61(4,5)43-55(65-59)49(10-3)51-37-39-53(63-51)57(46-27-21-19-22-28-46)60-62(6,7)44-56(50)66-60/h3,19-24,27-32,34-35,37-40,63-64H,8-9,11-18,25-26,41-44H2,1-2,4-7H3. The summed E-state index contributed by atoms with van der Waals surface area (Å²) in [4.78, 5) is 21.4. The van der Waals surface area contributed by atoms with Crippen molar-refractivity contribution in [2.24, 2.45) is 0 Å². The van der Waals surface area contributed by atoms with Gasteiger partial charge in [-0.15, -0.1) is 6.42 Å². The molecule has 344 valence electrons. The normalized spacial score (nSPS) is 13.7. The predicted molar refractivity (Wildman–Crippen MR) is 285 cm³/mol. The summed E-state index contributed by atoms with van der Waals surface area (Å²) in [6.45, 7) is 16.0. The fraction of sp³-hybridized carbons (Fsp3) is 0.387. The number of hydrogen-bond donors (Lipinski definition) is 2. The van der Waals surface area contributed by atoms with E-state index < -0.39 is 0 Å². The average Bonchev–Trinajstić information content (AvgIpc) is 4.14. The van der Waals surface area contributed by atoms with E-state index in [4.69, 9.17) is 16.4 Å². The number of fused-ring (bicyclic) bond motifs is 8. The van der Waals surface area contributed by atoms with E-state index in [0.29, 0.717) is 6.42 Å². The van der Waals surface area contributed by atoms with Gasteiger partial charge in [-0.3, -0.25) is 9.97 Å². The van der Waals surface area contributed by atoms with E-state index in [-0.39, 0.29) is 10.8 Å². The monoisotopic (exact) mass is 886 g/mol. The summed E-state index contributed by atoms with van der Waals surface area (Å²) in [6, 6.07) is 38.9. The second-order valence-electron chi connectivity index (χ2n) is 20.2. The molecule has 6 aromatic rings. The zero-order chi connectivity index (χ0) is 46.8. The van der Waals surface area contributed by atoms with Crippen molar-refractivity contribution in [3.8, 4) is 46.4 Å². The molecule has 2 aliphatic rings. The molecule has 0 saturated carbocycles. The first-order valence-electron chi connectivity index (χ1n) is 25.3. The molecule has 2 N–H and O–H groups in total. The lowest BCUT2D eigenvalue weighted by Crippen LogP contribution is -2.25. The van der Waals surface area contributed by atoms with Crippen molar-refractivity contribution < 1.29 is 0 Å². The first kappa shape index (κ1) is 47.2. The highest BCUT2D eigenvalue weighted by atomic mass is 15.1. The zero-order valence-corrected chi connectivity index (χ0v) is 41.1. The number of rotatable bonds is 17. The highest BCUT2D eigenvalue weighted by Crippen LogP contribution is 2.42. The van der Waals surface area contributed by atoms with Gasteiger partial charge in [-0.1, -0.05) is 184 Å².